The van der Waals surface area contributed by atoms with Crippen LogP contribution in [0, 0.1) is 6.92 Å². The van der Waals surface area contributed by atoms with Gasteiger partial charge in [-0.15, -0.1) is 11.6 Å². The molecule has 96 valence electrons. The van der Waals surface area contributed by atoms with Crippen LogP contribution in [-0.4, -0.2) is 18.6 Å². The maximum Gasteiger partial charge on any atom is 0.265 e. The van der Waals surface area contributed by atoms with Gasteiger partial charge >= 0.3 is 0 Å². The first-order valence-electron chi connectivity index (χ1n) is 5.20. The smallest absolute Gasteiger partial charge is 0.265 e. The maximum absolute atomic E-state index is 12.1. The molecule has 0 unspecified atom stereocenters. The van der Waals surface area contributed by atoms with Crippen molar-refractivity contribution in [3.63, 3.8) is 0 Å². The molecule has 0 aliphatic rings. The highest BCUT2D eigenvalue weighted by Crippen LogP contribution is 2.19. The van der Waals surface area contributed by atoms with Crippen molar-refractivity contribution in [2.75, 3.05) is 4.72 Å². The second-order valence-electron chi connectivity index (χ2n) is 3.80. The van der Waals surface area contributed by atoms with E-state index in [1.54, 1.807) is 25.1 Å². The molecule has 1 heterocycles. The van der Waals surface area contributed by atoms with E-state index in [0.717, 1.165) is 5.56 Å². The Hall–Kier alpha value is -1.53. The number of sulfonamides is 1. The van der Waals surface area contributed by atoms with Crippen LogP contribution in [0.2, 0.25) is 0 Å². The fraction of sp³-hybridized carbons (Fsp3) is 0.182. The number of aryl methyl sites for hydroxylation is 1. The lowest BCUT2D eigenvalue weighted by Crippen LogP contribution is -2.13. The SMILES string of the molecule is Cc1[nH]ncc1S(=O)(=O)Nc1cccc(CCl)c1. The van der Waals surface area contributed by atoms with E-state index in [4.69, 9.17) is 11.6 Å². The van der Waals surface area contributed by atoms with Crippen molar-refractivity contribution in [3.8, 4) is 0 Å². The number of aromatic nitrogens is 2. The second kappa shape index (κ2) is 4.99. The zero-order valence-electron chi connectivity index (χ0n) is 9.64. The van der Waals surface area contributed by atoms with Gasteiger partial charge < -0.3 is 0 Å². The number of anilines is 1. The summed E-state index contributed by atoms with van der Waals surface area (Å²) in [6.07, 6.45) is 1.28. The number of alkyl halides is 1. The van der Waals surface area contributed by atoms with Crippen LogP contribution in [0.15, 0.2) is 35.4 Å². The maximum atomic E-state index is 12.1. The van der Waals surface area contributed by atoms with E-state index in [2.05, 4.69) is 14.9 Å². The van der Waals surface area contributed by atoms with Crippen molar-refractivity contribution in [1.29, 1.82) is 0 Å². The van der Waals surface area contributed by atoms with Gasteiger partial charge in [0, 0.05) is 11.6 Å². The average Bonchev–Trinajstić information content (AvgIpc) is 2.76. The molecule has 2 aromatic rings. The highest BCUT2D eigenvalue weighted by atomic mass is 35.5. The van der Waals surface area contributed by atoms with Crippen LogP contribution in [0.1, 0.15) is 11.3 Å². The highest BCUT2D eigenvalue weighted by Gasteiger charge is 2.18. The number of hydrogen-bond acceptors (Lipinski definition) is 3. The van der Waals surface area contributed by atoms with Gasteiger partial charge in [0.2, 0.25) is 0 Å². The van der Waals surface area contributed by atoms with E-state index in [1.807, 2.05) is 6.07 Å². The lowest BCUT2D eigenvalue weighted by Gasteiger charge is -2.07. The van der Waals surface area contributed by atoms with E-state index >= 15 is 0 Å². The van der Waals surface area contributed by atoms with E-state index in [9.17, 15) is 8.42 Å². The van der Waals surface area contributed by atoms with Gasteiger partial charge in [-0.3, -0.25) is 9.82 Å². The van der Waals surface area contributed by atoms with Crippen molar-refractivity contribution in [1.82, 2.24) is 10.2 Å². The molecular formula is C11H12ClN3O2S. The molecule has 0 atom stereocenters. The monoisotopic (exact) mass is 285 g/mol. The third-order valence-corrected chi connectivity index (χ3v) is 4.21. The number of hydrogen-bond donors (Lipinski definition) is 2. The molecule has 18 heavy (non-hydrogen) atoms. The molecule has 0 amide bonds. The number of H-pyrrole nitrogens is 1. The fourth-order valence-electron chi connectivity index (χ4n) is 1.54. The molecule has 5 nitrogen and oxygen atoms in total. The molecule has 0 spiro atoms. The quantitative estimate of drug-likeness (QED) is 0.846. The van der Waals surface area contributed by atoms with Crippen LogP contribution in [0.5, 0.6) is 0 Å². The molecule has 0 radical (unpaired) electrons. The van der Waals surface area contributed by atoms with Crippen LogP contribution in [0.3, 0.4) is 0 Å². The molecule has 2 rings (SSSR count). The molecule has 2 N–H and O–H groups in total. The van der Waals surface area contributed by atoms with E-state index < -0.39 is 10.0 Å². The van der Waals surface area contributed by atoms with E-state index in [-0.39, 0.29) is 4.90 Å². The summed E-state index contributed by atoms with van der Waals surface area (Å²) in [7, 11) is -3.61. The third-order valence-electron chi connectivity index (χ3n) is 2.41. The van der Waals surface area contributed by atoms with Gasteiger partial charge in [-0.1, -0.05) is 12.1 Å². The van der Waals surface area contributed by atoms with Gasteiger partial charge in [0.25, 0.3) is 10.0 Å². The minimum absolute atomic E-state index is 0.138. The first-order chi connectivity index (χ1) is 8.53. The number of nitrogens with zero attached hydrogens (tertiary/aromatic N) is 1. The topological polar surface area (TPSA) is 74.8 Å². The summed E-state index contributed by atoms with van der Waals surface area (Å²) < 4.78 is 26.6. The van der Waals surface area contributed by atoms with Gasteiger partial charge in [0.05, 0.1) is 11.9 Å². The van der Waals surface area contributed by atoms with Crippen molar-refractivity contribution < 1.29 is 8.42 Å². The zero-order chi connectivity index (χ0) is 13.2. The Morgan fingerprint density at radius 1 is 1.44 bits per heavy atom. The van der Waals surface area contributed by atoms with Crippen LogP contribution in [0.25, 0.3) is 0 Å². The Morgan fingerprint density at radius 3 is 2.83 bits per heavy atom. The first-order valence-corrected chi connectivity index (χ1v) is 7.22. The number of aromatic amines is 1. The van der Waals surface area contributed by atoms with Gasteiger partial charge in [-0.05, 0) is 24.6 Å². The Bertz CT molecular complexity index is 652. The normalized spacial score (nSPS) is 11.4. The van der Waals surface area contributed by atoms with Crippen molar-refractivity contribution >= 4 is 27.3 Å². The average molecular weight is 286 g/mol. The van der Waals surface area contributed by atoms with Gasteiger partial charge in [0.15, 0.2) is 0 Å². The Balaban J connectivity index is 2.31. The third kappa shape index (κ3) is 2.65. The highest BCUT2D eigenvalue weighted by molar-refractivity contribution is 7.92. The molecule has 0 bridgehead atoms. The van der Waals surface area contributed by atoms with E-state index in [1.165, 1.54) is 6.20 Å². The summed E-state index contributed by atoms with van der Waals surface area (Å²) in [6, 6.07) is 6.94. The van der Waals surface area contributed by atoms with Crippen LogP contribution in [-0.2, 0) is 15.9 Å². The molecule has 0 saturated carbocycles. The van der Waals surface area contributed by atoms with Crippen molar-refractivity contribution in [2.45, 2.75) is 17.7 Å². The Labute approximate surface area is 110 Å². The molecule has 1 aromatic heterocycles. The molecule has 0 saturated heterocycles. The summed E-state index contributed by atoms with van der Waals surface area (Å²) in [5.41, 5.74) is 1.82. The number of benzene rings is 1. The fourth-order valence-corrected chi connectivity index (χ4v) is 2.89. The predicted molar refractivity (Wildman–Crippen MR) is 70.1 cm³/mol. The minimum Gasteiger partial charge on any atom is -0.281 e. The Morgan fingerprint density at radius 2 is 2.22 bits per heavy atom. The minimum atomic E-state index is -3.61. The lowest BCUT2D eigenvalue weighted by molar-refractivity contribution is 0.600. The standard InChI is InChI=1S/C11H12ClN3O2S/c1-8-11(7-13-14-8)18(16,17)15-10-4-2-3-9(5-10)6-12/h2-5,7,15H,6H2,1H3,(H,13,14). The van der Waals surface area contributed by atoms with Crippen molar-refractivity contribution in [3.05, 3.63) is 41.7 Å². The summed E-state index contributed by atoms with van der Waals surface area (Å²) in [5.74, 6) is 0.334. The van der Waals surface area contributed by atoms with E-state index in [0.29, 0.717) is 17.3 Å². The second-order valence-corrected chi connectivity index (χ2v) is 5.72. The predicted octanol–water partition coefficient (Wildman–Crippen LogP) is 2.26. The van der Waals surface area contributed by atoms with Gasteiger partial charge in [-0.25, -0.2) is 8.42 Å². The summed E-state index contributed by atoms with van der Waals surface area (Å²) in [6.45, 7) is 1.65. The first kappa shape index (κ1) is 12.9. The molecule has 0 aliphatic carbocycles. The Kier molecular flexibility index (Phi) is 3.58. The van der Waals surface area contributed by atoms with Gasteiger partial charge in [0.1, 0.15) is 4.90 Å². The van der Waals surface area contributed by atoms with Crippen molar-refractivity contribution in [2.24, 2.45) is 0 Å². The van der Waals surface area contributed by atoms with Crippen LogP contribution < -0.4 is 4.72 Å². The van der Waals surface area contributed by atoms with Crippen LogP contribution >= 0.6 is 11.6 Å². The number of nitrogens with one attached hydrogen (secondary N) is 2. The zero-order valence-corrected chi connectivity index (χ0v) is 11.2. The molecule has 0 aliphatic heterocycles. The largest absolute Gasteiger partial charge is 0.281 e. The summed E-state index contributed by atoms with van der Waals surface area (Å²) in [4.78, 5) is 0.138. The molecular weight excluding hydrogens is 274 g/mol. The molecule has 7 heteroatoms. The molecule has 1 aromatic carbocycles. The lowest BCUT2D eigenvalue weighted by atomic mass is 10.2. The number of rotatable bonds is 4. The number of halogens is 1. The molecule has 0 fully saturated rings. The van der Waals surface area contributed by atoms with Gasteiger partial charge in [-0.2, -0.15) is 5.10 Å². The van der Waals surface area contributed by atoms with Crippen LogP contribution in [0.4, 0.5) is 5.69 Å². The summed E-state index contributed by atoms with van der Waals surface area (Å²) in [5, 5.41) is 6.29. The summed E-state index contributed by atoms with van der Waals surface area (Å²) >= 11 is 5.70.